The number of amides is 1. The van der Waals surface area contributed by atoms with Crippen LogP contribution in [0.1, 0.15) is 33.1 Å². The molecular weight excluding hydrogens is 392 g/mol. The number of carboxylic acid groups (broad SMARTS) is 1. The Bertz CT molecular complexity index is 968. The number of carbonyl (C=O) groups is 2. The van der Waals surface area contributed by atoms with E-state index in [0.717, 1.165) is 4.70 Å². The molecule has 0 saturated carbocycles. The molecule has 0 aliphatic rings. The van der Waals surface area contributed by atoms with Crippen LogP contribution >= 0.6 is 22.9 Å². The number of thiazole rings is 1. The molecule has 0 bridgehead atoms. The zero-order valence-electron chi connectivity index (χ0n) is 14.5. The van der Waals surface area contributed by atoms with E-state index in [-0.39, 0.29) is 18.2 Å². The molecule has 0 atom stereocenters. The molecule has 0 aliphatic heterocycles. The second-order valence-electron chi connectivity index (χ2n) is 5.79. The topological polar surface area (TPSA) is 92.9 Å². The summed E-state index contributed by atoms with van der Waals surface area (Å²) in [7, 11) is 1.59. The summed E-state index contributed by atoms with van der Waals surface area (Å²) >= 11 is 7.28. The van der Waals surface area contributed by atoms with Gasteiger partial charge in [0.1, 0.15) is 5.76 Å². The Kier molecular flexibility index (Phi) is 6.10. The number of fused-ring (bicyclic) bond motifs is 1. The van der Waals surface area contributed by atoms with E-state index in [0.29, 0.717) is 40.9 Å². The average Bonchev–Trinajstić information content (AvgIpc) is 3.25. The SMILES string of the molecule is COCCCN(Cc1ccc(C(=O)O)o1)C(=O)c1ccc2sc(Cl)nc2c1. The van der Waals surface area contributed by atoms with Gasteiger partial charge >= 0.3 is 5.97 Å². The van der Waals surface area contributed by atoms with E-state index in [1.807, 2.05) is 6.07 Å². The Labute approximate surface area is 164 Å². The Balaban J connectivity index is 1.82. The lowest BCUT2D eigenvalue weighted by atomic mass is 10.1. The third kappa shape index (κ3) is 4.65. The molecule has 7 nitrogen and oxygen atoms in total. The predicted molar refractivity (Wildman–Crippen MR) is 102 cm³/mol. The van der Waals surface area contributed by atoms with Crippen LogP contribution in [0.2, 0.25) is 4.47 Å². The van der Waals surface area contributed by atoms with Crippen LogP contribution in [-0.2, 0) is 11.3 Å². The van der Waals surface area contributed by atoms with Crippen molar-refractivity contribution in [3.63, 3.8) is 0 Å². The fourth-order valence-electron chi connectivity index (χ4n) is 2.63. The number of nitrogens with zero attached hydrogens (tertiary/aromatic N) is 2. The van der Waals surface area contributed by atoms with Gasteiger partial charge in [-0.25, -0.2) is 9.78 Å². The summed E-state index contributed by atoms with van der Waals surface area (Å²) in [6.07, 6.45) is 0.638. The molecule has 1 amide bonds. The minimum absolute atomic E-state index is 0.158. The third-order valence-electron chi connectivity index (χ3n) is 3.89. The highest BCUT2D eigenvalue weighted by Gasteiger charge is 2.19. The normalized spacial score (nSPS) is 11.0. The number of benzene rings is 1. The van der Waals surface area contributed by atoms with Crippen LogP contribution in [0.5, 0.6) is 0 Å². The predicted octanol–water partition coefficient (Wildman–Crippen LogP) is 3.92. The van der Waals surface area contributed by atoms with Crippen LogP contribution in [0, 0.1) is 0 Å². The number of furan rings is 1. The van der Waals surface area contributed by atoms with Gasteiger partial charge in [-0.2, -0.15) is 0 Å². The van der Waals surface area contributed by atoms with Crippen LogP contribution in [0.15, 0.2) is 34.7 Å². The van der Waals surface area contributed by atoms with Crippen molar-refractivity contribution in [1.29, 1.82) is 0 Å². The smallest absolute Gasteiger partial charge is 0.371 e. The molecule has 0 unspecified atom stereocenters. The minimum atomic E-state index is -1.15. The van der Waals surface area contributed by atoms with Crippen molar-refractivity contribution in [2.45, 2.75) is 13.0 Å². The van der Waals surface area contributed by atoms with Gasteiger partial charge in [0.2, 0.25) is 5.76 Å². The largest absolute Gasteiger partial charge is 0.475 e. The molecule has 27 heavy (non-hydrogen) atoms. The van der Waals surface area contributed by atoms with Crippen molar-refractivity contribution in [3.05, 3.63) is 51.9 Å². The number of carboxylic acids is 1. The molecule has 3 rings (SSSR count). The fraction of sp³-hybridized carbons (Fsp3) is 0.278. The summed E-state index contributed by atoms with van der Waals surface area (Å²) in [4.78, 5) is 29.8. The molecular formula is C18H17ClN2O5S. The lowest BCUT2D eigenvalue weighted by molar-refractivity contribution is 0.0655. The Morgan fingerprint density at radius 3 is 2.85 bits per heavy atom. The van der Waals surface area contributed by atoms with Gasteiger partial charge in [0.05, 0.1) is 16.8 Å². The zero-order chi connectivity index (χ0) is 19.4. The summed E-state index contributed by atoms with van der Waals surface area (Å²) in [6.45, 7) is 1.10. The molecule has 1 N–H and O–H groups in total. The zero-order valence-corrected chi connectivity index (χ0v) is 16.0. The molecule has 142 valence electrons. The van der Waals surface area contributed by atoms with Gasteiger partial charge in [0.15, 0.2) is 4.47 Å². The average molecular weight is 409 g/mol. The highest BCUT2D eigenvalue weighted by atomic mass is 35.5. The van der Waals surface area contributed by atoms with Crippen molar-refractivity contribution >= 4 is 45.0 Å². The number of ether oxygens (including phenoxy) is 1. The number of aromatic nitrogens is 1. The quantitative estimate of drug-likeness (QED) is 0.568. The maximum absolute atomic E-state index is 13.0. The molecule has 1 aromatic carbocycles. The number of halogens is 1. The van der Waals surface area contributed by atoms with Gasteiger partial charge in [-0.15, -0.1) is 11.3 Å². The van der Waals surface area contributed by atoms with Gasteiger partial charge in [-0.05, 0) is 36.8 Å². The van der Waals surface area contributed by atoms with Crippen molar-refractivity contribution in [2.75, 3.05) is 20.3 Å². The van der Waals surface area contributed by atoms with Crippen LogP contribution < -0.4 is 0 Å². The highest BCUT2D eigenvalue weighted by molar-refractivity contribution is 7.22. The summed E-state index contributed by atoms with van der Waals surface area (Å²) in [5, 5.41) is 8.99. The second kappa shape index (κ2) is 8.51. The number of carbonyl (C=O) groups excluding carboxylic acids is 1. The molecule has 9 heteroatoms. The van der Waals surface area contributed by atoms with Crippen molar-refractivity contribution < 1.29 is 23.8 Å². The van der Waals surface area contributed by atoms with Crippen LogP contribution in [-0.4, -0.2) is 47.1 Å². The highest BCUT2D eigenvalue weighted by Crippen LogP contribution is 2.27. The number of aromatic carboxylic acids is 1. The van der Waals surface area contributed by atoms with E-state index in [1.165, 1.54) is 17.4 Å². The Hall–Kier alpha value is -2.42. The third-order valence-corrected chi connectivity index (χ3v) is 5.03. The molecule has 2 heterocycles. The van der Waals surface area contributed by atoms with Gasteiger partial charge in [0, 0.05) is 25.8 Å². The van der Waals surface area contributed by atoms with E-state index in [1.54, 1.807) is 30.2 Å². The van der Waals surface area contributed by atoms with Gasteiger partial charge < -0.3 is 19.2 Å². The molecule has 0 aliphatic carbocycles. The maximum Gasteiger partial charge on any atom is 0.371 e. The summed E-state index contributed by atoms with van der Waals surface area (Å²) < 4.78 is 11.7. The van der Waals surface area contributed by atoms with E-state index in [2.05, 4.69) is 4.98 Å². The van der Waals surface area contributed by atoms with E-state index >= 15 is 0 Å². The number of hydrogen-bond donors (Lipinski definition) is 1. The monoisotopic (exact) mass is 408 g/mol. The molecule has 0 radical (unpaired) electrons. The van der Waals surface area contributed by atoms with Crippen LogP contribution in [0.3, 0.4) is 0 Å². The van der Waals surface area contributed by atoms with E-state index in [9.17, 15) is 9.59 Å². The first-order valence-electron chi connectivity index (χ1n) is 8.14. The first-order valence-corrected chi connectivity index (χ1v) is 9.33. The first kappa shape index (κ1) is 19.3. The van der Waals surface area contributed by atoms with Crippen LogP contribution in [0.25, 0.3) is 10.2 Å². The van der Waals surface area contributed by atoms with Gasteiger partial charge in [0.25, 0.3) is 5.91 Å². The van der Waals surface area contributed by atoms with Crippen molar-refractivity contribution in [3.8, 4) is 0 Å². The van der Waals surface area contributed by atoms with Crippen molar-refractivity contribution in [1.82, 2.24) is 9.88 Å². The minimum Gasteiger partial charge on any atom is -0.475 e. The number of hydrogen-bond acceptors (Lipinski definition) is 6. The summed E-state index contributed by atoms with van der Waals surface area (Å²) in [5.41, 5.74) is 1.14. The summed E-state index contributed by atoms with van der Waals surface area (Å²) in [6, 6.07) is 8.18. The fourth-order valence-corrected chi connectivity index (χ4v) is 3.64. The molecule has 0 fully saturated rings. The molecule has 0 spiro atoms. The van der Waals surface area contributed by atoms with E-state index < -0.39 is 5.97 Å². The number of methoxy groups -OCH3 is 1. The lowest BCUT2D eigenvalue weighted by Gasteiger charge is -2.21. The first-order chi connectivity index (χ1) is 13.0. The maximum atomic E-state index is 13.0. The molecule has 3 aromatic rings. The van der Waals surface area contributed by atoms with Gasteiger partial charge in [-0.1, -0.05) is 11.6 Å². The standard InChI is InChI=1S/C18H17ClN2O5S/c1-25-8-2-7-21(10-12-4-5-14(26-12)17(23)24)16(22)11-3-6-15-13(9-11)20-18(19)27-15/h3-6,9H,2,7-8,10H2,1H3,(H,23,24). The Morgan fingerprint density at radius 2 is 2.15 bits per heavy atom. The van der Waals surface area contributed by atoms with Crippen molar-refractivity contribution in [2.24, 2.45) is 0 Å². The van der Waals surface area contributed by atoms with Crippen LogP contribution in [0.4, 0.5) is 0 Å². The second-order valence-corrected chi connectivity index (χ2v) is 7.41. The van der Waals surface area contributed by atoms with E-state index in [4.69, 9.17) is 25.9 Å². The molecule has 0 saturated heterocycles. The van der Waals surface area contributed by atoms with Gasteiger partial charge in [-0.3, -0.25) is 4.79 Å². The Morgan fingerprint density at radius 1 is 1.33 bits per heavy atom. The lowest BCUT2D eigenvalue weighted by Crippen LogP contribution is -2.32. The molecule has 2 aromatic heterocycles. The summed E-state index contributed by atoms with van der Waals surface area (Å²) in [5.74, 6) is -1.11. The number of rotatable bonds is 8.